The molecule has 31 heavy (non-hydrogen) atoms. The second kappa shape index (κ2) is 9.73. The van der Waals surface area contributed by atoms with Crippen LogP contribution in [0.3, 0.4) is 0 Å². The van der Waals surface area contributed by atoms with Gasteiger partial charge in [-0.2, -0.15) is 4.31 Å². The maximum absolute atomic E-state index is 13.1. The zero-order valence-electron chi connectivity index (χ0n) is 17.7. The van der Waals surface area contributed by atoms with Crippen molar-refractivity contribution < 1.29 is 13.2 Å². The fraction of sp³-hybridized carbons (Fsp3) is 0.160. The molecule has 3 aromatic carbocycles. The molecule has 5 nitrogen and oxygen atoms in total. The summed E-state index contributed by atoms with van der Waals surface area (Å²) in [5.41, 5.74) is 4.07. The highest BCUT2D eigenvalue weighted by Gasteiger charge is 2.23. The van der Waals surface area contributed by atoms with E-state index in [4.69, 9.17) is 0 Å². The number of hydrogen-bond acceptors (Lipinski definition) is 3. The second-order valence-corrected chi connectivity index (χ2v) is 9.36. The van der Waals surface area contributed by atoms with Crippen LogP contribution in [0.15, 0.2) is 90.3 Å². The number of carbonyl (C=O) groups excluding carboxylic acids is 1. The standard InChI is InChI=1S/C25H26N2O3S/c1-4-16-27(31(29,30)24-14-8-19(2)9-15-24)18-21-10-12-22(13-11-21)25(28)26-23-7-5-6-20(3)17-23/h4-15,17H,1,16,18H2,2-3H3,(H,26,28). The molecular weight excluding hydrogens is 408 g/mol. The van der Waals surface area contributed by atoms with E-state index >= 15 is 0 Å². The molecule has 0 aliphatic carbocycles. The zero-order valence-corrected chi connectivity index (χ0v) is 18.5. The molecule has 0 fully saturated rings. The van der Waals surface area contributed by atoms with Gasteiger partial charge in [-0.25, -0.2) is 8.42 Å². The van der Waals surface area contributed by atoms with E-state index < -0.39 is 10.0 Å². The summed E-state index contributed by atoms with van der Waals surface area (Å²) in [6.07, 6.45) is 1.56. The van der Waals surface area contributed by atoms with Crippen LogP contribution in [-0.2, 0) is 16.6 Å². The van der Waals surface area contributed by atoms with Gasteiger partial charge in [-0.3, -0.25) is 4.79 Å². The molecule has 0 heterocycles. The molecule has 0 unspecified atom stereocenters. The molecule has 0 bridgehead atoms. The van der Waals surface area contributed by atoms with Gasteiger partial charge in [0.1, 0.15) is 0 Å². The van der Waals surface area contributed by atoms with Crippen LogP contribution >= 0.6 is 0 Å². The average molecular weight is 435 g/mol. The van der Waals surface area contributed by atoms with Crippen molar-refractivity contribution in [2.75, 3.05) is 11.9 Å². The Balaban J connectivity index is 1.75. The van der Waals surface area contributed by atoms with Crippen LogP contribution in [0.25, 0.3) is 0 Å². The summed E-state index contributed by atoms with van der Waals surface area (Å²) in [5, 5.41) is 2.87. The minimum Gasteiger partial charge on any atom is -0.322 e. The van der Waals surface area contributed by atoms with Crippen molar-refractivity contribution in [2.24, 2.45) is 0 Å². The molecule has 0 aliphatic rings. The van der Waals surface area contributed by atoms with Gasteiger partial charge in [0.25, 0.3) is 5.91 Å². The summed E-state index contributed by atoms with van der Waals surface area (Å²) in [6.45, 7) is 7.93. The Hall–Kier alpha value is -3.22. The van der Waals surface area contributed by atoms with Crippen molar-refractivity contribution in [3.63, 3.8) is 0 Å². The molecule has 0 aliphatic heterocycles. The van der Waals surface area contributed by atoms with Crippen molar-refractivity contribution >= 4 is 21.6 Å². The van der Waals surface area contributed by atoms with E-state index in [1.807, 2.05) is 38.1 Å². The van der Waals surface area contributed by atoms with Crippen LogP contribution < -0.4 is 5.32 Å². The van der Waals surface area contributed by atoms with E-state index in [1.54, 1.807) is 54.6 Å². The molecule has 0 saturated carbocycles. The van der Waals surface area contributed by atoms with E-state index in [0.717, 1.165) is 22.4 Å². The maximum Gasteiger partial charge on any atom is 0.255 e. The van der Waals surface area contributed by atoms with Gasteiger partial charge in [-0.1, -0.05) is 48.0 Å². The zero-order chi connectivity index (χ0) is 22.4. The number of amides is 1. The molecule has 3 aromatic rings. The Morgan fingerprint density at radius 1 is 0.968 bits per heavy atom. The highest BCUT2D eigenvalue weighted by atomic mass is 32.2. The summed E-state index contributed by atoms with van der Waals surface area (Å²) in [4.78, 5) is 12.7. The third-order valence-electron chi connectivity index (χ3n) is 4.84. The van der Waals surface area contributed by atoms with Crippen molar-refractivity contribution in [1.82, 2.24) is 4.31 Å². The maximum atomic E-state index is 13.1. The molecule has 1 amide bonds. The van der Waals surface area contributed by atoms with Crippen molar-refractivity contribution in [3.05, 3.63) is 108 Å². The Bertz CT molecular complexity index is 1170. The summed E-state index contributed by atoms with van der Waals surface area (Å²) in [7, 11) is -3.67. The molecule has 1 N–H and O–H groups in total. The average Bonchev–Trinajstić information content (AvgIpc) is 2.74. The van der Waals surface area contributed by atoms with Gasteiger partial charge >= 0.3 is 0 Å². The third kappa shape index (κ3) is 5.69. The van der Waals surface area contributed by atoms with Crippen molar-refractivity contribution in [1.29, 1.82) is 0 Å². The predicted octanol–water partition coefficient (Wildman–Crippen LogP) is 4.93. The van der Waals surface area contributed by atoms with Gasteiger partial charge in [0.15, 0.2) is 0 Å². The van der Waals surface area contributed by atoms with Crippen LogP contribution in [0.1, 0.15) is 27.0 Å². The number of nitrogens with zero attached hydrogens (tertiary/aromatic N) is 1. The minimum absolute atomic E-state index is 0.183. The van der Waals surface area contributed by atoms with Gasteiger partial charge in [-0.05, 0) is 61.4 Å². The van der Waals surface area contributed by atoms with E-state index in [1.165, 1.54) is 4.31 Å². The number of rotatable bonds is 8. The third-order valence-corrected chi connectivity index (χ3v) is 6.67. The number of benzene rings is 3. The number of sulfonamides is 1. The van der Waals surface area contributed by atoms with Crippen LogP contribution in [0.4, 0.5) is 5.69 Å². The SMILES string of the molecule is C=CCN(Cc1ccc(C(=O)Nc2cccc(C)c2)cc1)S(=O)(=O)c1ccc(C)cc1. The fourth-order valence-corrected chi connectivity index (χ4v) is 4.54. The lowest BCUT2D eigenvalue weighted by molar-refractivity contribution is 0.102. The number of anilines is 1. The monoisotopic (exact) mass is 434 g/mol. The second-order valence-electron chi connectivity index (χ2n) is 7.42. The Morgan fingerprint density at radius 3 is 2.26 bits per heavy atom. The van der Waals surface area contributed by atoms with E-state index in [2.05, 4.69) is 11.9 Å². The largest absolute Gasteiger partial charge is 0.322 e. The van der Waals surface area contributed by atoms with Crippen LogP contribution in [0.5, 0.6) is 0 Å². The van der Waals surface area contributed by atoms with Gasteiger partial charge in [0.2, 0.25) is 10.0 Å². The summed E-state index contributed by atoms with van der Waals surface area (Å²) >= 11 is 0. The molecule has 0 aromatic heterocycles. The van der Waals surface area contributed by atoms with Crippen LogP contribution in [-0.4, -0.2) is 25.2 Å². The molecule has 3 rings (SSSR count). The summed E-state index contributed by atoms with van der Waals surface area (Å²) in [5.74, 6) is -0.215. The van der Waals surface area contributed by atoms with Gasteiger partial charge < -0.3 is 5.32 Å². The molecule has 0 atom stereocenters. The van der Waals surface area contributed by atoms with Gasteiger partial charge in [0, 0.05) is 24.3 Å². The number of carbonyl (C=O) groups is 1. The van der Waals surface area contributed by atoms with Crippen LogP contribution in [0.2, 0.25) is 0 Å². The summed E-state index contributed by atoms with van der Waals surface area (Å²) in [6, 6.07) is 21.3. The first-order valence-corrected chi connectivity index (χ1v) is 11.4. The van der Waals surface area contributed by atoms with Crippen molar-refractivity contribution in [2.45, 2.75) is 25.3 Å². The predicted molar refractivity (Wildman–Crippen MR) is 125 cm³/mol. The number of hydrogen-bond donors (Lipinski definition) is 1. The fourth-order valence-electron chi connectivity index (χ4n) is 3.14. The first-order valence-electron chi connectivity index (χ1n) is 9.94. The highest BCUT2D eigenvalue weighted by Crippen LogP contribution is 2.20. The molecule has 0 spiro atoms. The minimum atomic E-state index is -3.67. The van der Waals surface area contributed by atoms with Crippen LogP contribution in [0, 0.1) is 13.8 Å². The van der Waals surface area contributed by atoms with E-state index in [9.17, 15) is 13.2 Å². The van der Waals surface area contributed by atoms with E-state index in [0.29, 0.717) is 5.56 Å². The van der Waals surface area contributed by atoms with Gasteiger partial charge in [0.05, 0.1) is 4.90 Å². The molecule has 160 valence electrons. The Morgan fingerprint density at radius 2 is 1.65 bits per heavy atom. The normalized spacial score (nSPS) is 11.3. The summed E-state index contributed by atoms with van der Waals surface area (Å²) < 4.78 is 27.5. The molecular formula is C25H26N2O3S. The quantitative estimate of drug-likeness (QED) is 0.511. The smallest absolute Gasteiger partial charge is 0.255 e. The molecule has 0 radical (unpaired) electrons. The highest BCUT2D eigenvalue weighted by molar-refractivity contribution is 7.89. The topological polar surface area (TPSA) is 66.5 Å². The van der Waals surface area contributed by atoms with E-state index in [-0.39, 0.29) is 23.9 Å². The van der Waals surface area contributed by atoms with Gasteiger partial charge in [-0.15, -0.1) is 6.58 Å². The molecule has 0 saturated heterocycles. The van der Waals surface area contributed by atoms with Crippen molar-refractivity contribution in [3.8, 4) is 0 Å². The lowest BCUT2D eigenvalue weighted by atomic mass is 10.1. The molecule has 6 heteroatoms. The Labute approximate surface area is 184 Å². The number of nitrogens with one attached hydrogen (secondary N) is 1. The Kier molecular flexibility index (Phi) is 7.05. The lowest BCUT2D eigenvalue weighted by Crippen LogP contribution is -2.30. The number of aryl methyl sites for hydroxylation is 2. The first-order chi connectivity index (χ1) is 14.8. The first kappa shape index (κ1) is 22.5. The lowest BCUT2D eigenvalue weighted by Gasteiger charge is -2.21.